The topological polar surface area (TPSA) is 164 Å². The quantitative estimate of drug-likeness (QED) is 0.0647. The maximum absolute atomic E-state index is 12.9. The summed E-state index contributed by atoms with van der Waals surface area (Å²) in [6.45, 7) is 18.4. The number of hydrogen-bond donors (Lipinski definition) is 4. The first-order valence-corrected chi connectivity index (χ1v) is 26.2. The molecule has 0 saturated heterocycles. The number of nitrogens with two attached hydrogens (primary N) is 1. The van der Waals surface area contributed by atoms with Crippen LogP contribution in [0.25, 0.3) is 41.6 Å². The van der Waals surface area contributed by atoms with Crippen LogP contribution in [0.4, 0.5) is 10.0 Å². The summed E-state index contributed by atoms with van der Waals surface area (Å²) in [4.78, 5) is 42.3. The van der Waals surface area contributed by atoms with Crippen molar-refractivity contribution >= 4 is 87.6 Å². The number of carbonyl (C=O) groups is 2. The maximum atomic E-state index is 12.9. The van der Waals surface area contributed by atoms with Gasteiger partial charge in [-0.1, -0.05) is 30.8 Å². The van der Waals surface area contributed by atoms with Gasteiger partial charge >= 0.3 is 0 Å². The van der Waals surface area contributed by atoms with Crippen molar-refractivity contribution in [1.82, 2.24) is 44.6 Å². The number of benzene rings is 2. The molecule has 0 fully saturated rings. The van der Waals surface area contributed by atoms with E-state index in [2.05, 4.69) is 94.5 Å². The predicted molar refractivity (Wildman–Crippen MR) is 282 cm³/mol. The van der Waals surface area contributed by atoms with Gasteiger partial charge in [0.25, 0.3) is 0 Å². The second kappa shape index (κ2) is 22.3. The van der Waals surface area contributed by atoms with E-state index in [-0.39, 0.29) is 11.8 Å². The Balaban J connectivity index is 0.000000162. The lowest BCUT2D eigenvalue weighted by Gasteiger charge is -2.30. The zero-order valence-electron chi connectivity index (χ0n) is 39.5. The summed E-state index contributed by atoms with van der Waals surface area (Å²) in [6.07, 6.45) is 11.2. The summed E-state index contributed by atoms with van der Waals surface area (Å²) < 4.78 is 5.87. The van der Waals surface area contributed by atoms with Crippen molar-refractivity contribution in [2.24, 2.45) is 19.8 Å². The van der Waals surface area contributed by atoms with E-state index in [0.717, 1.165) is 92.3 Å². The number of thiazole rings is 2. The molecule has 8 heterocycles. The minimum Gasteiger partial charge on any atom is -0.326 e. The molecular weight excluding hydrogens is 929 g/mol. The van der Waals surface area contributed by atoms with Gasteiger partial charge in [-0.25, -0.2) is 9.97 Å². The molecule has 356 valence electrons. The Hall–Kier alpha value is -5.44. The van der Waals surface area contributed by atoms with Gasteiger partial charge in [0, 0.05) is 123 Å². The highest BCUT2D eigenvalue weighted by Gasteiger charge is 2.30. The molecule has 10 rings (SSSR count). The second-order valence-corrected chi connectivity index (χ2v) is 21.7. The lowest BCUT2D eigenvalue weighted by atomic mass is 10.0. The fraction of sp³-hybridized carbons (Fsp3) is 0.360. The molecule has 0 radical (unpaired) electrons. The molecule has 6 aromatic heterocycles. The number of rotatable bonds is 13. The molecule has 2 aromatic carbocycles. The zero-order chi connectivity index (χ0) is 47.9. The van der Waals surface area contributed by atoms with Crippen LogP contribution in [-0.2, 0) is 62.7 Å². The van der Waals surface area contributed by atoms with Crippen LogP contribution in [0.1, 0.15) is 66.1 Å². The van der Waals surface area contributed by atoms with Crippen molar-refractivity contribution in [2.45, 2.75) is 85.2 Å². The van der Waals surface area contributed by atoms with E-state index in [1.165, 1.54) is 36.4 Å². The van der Waals surface area contributed by atoms with Crippen LogP contribution in [0.5, 0.6) is 0 Å². The third-order valence-corrected chi connectivity index (χ3v) is 16.3. The van der Waals surface area contributed by atoms with Crippen LogP contribution >= 0.6 is 45.3 Å². The van der Waals surface area contributed by atoms with Crippen LogP contribution < -0.4 is 21.7 Å². The minimum atomic E-state index is -0.174. The highest BCUT2D eigenvalue weighted by atomic mass is 32.1. The molecule has 2 aliphatic rings. The summed E-state index contributed by atoms with van der Waals surface area (Å²) in [5.41, 5.74) is 14.4. The summed E-state index contributed by atoms with van der Waals surface area (Å²) in [5.74, 6) is -0.146. The molecule has 0 spiro atoms. The number of amides is 2. The maximum Gasteiger partial charge on any atom is 0.248 e. The number of thiophene rings is 2. The average molecular weight is 989 g/mol. The fourth-order valence-corrected chi connectivity index (χ4v) is 13.0. The first kappa shape index (κ1) is 49.0. The molecule has 8 aromatic rings. The summed E-state index contributed by atoms with van der Waals surface area (Å²) >= 11 is 6.79. The van der Waals surface area contributed by atoms with Gasteiger partial charge in [0.2, 0.25) is 11.8 Å². The Kier molecular flexibility index (Phi) is 16.1. The third kappa shape index (κ3) is 11.7. The average Bonchev–Trinajstić information content (AvgIpc) is 4.20. The molecule has 5 N–H and O–H groups in total. The second-order valence-electron chi connectivity index (χ2n) is 17.4. The van der Waals surface area contributed by atoms with E-state index in [9.17, 15) is 9.59 Å². The molecule has 0 aliphatic carbocycles. The van der Waals surface area contributed by atoms with Crippen LogP contribution in [0.2, 0.25) is 0 Å². The Morgan fingerprint density at radius 1 is 0.735 bits per heavy atom. The van der Waals surface area contributed by atoms with Crippen LogP contribution in [0.15, 0.2) is 86.0 Å². The molecule has 0 atom stereocenters. The van der Waals surface area contributed by atoms with Gasteiger partial charge in [-0.3, -0.25) is 28.8 Å². The summed E-state index contributed by atoms with van der Waals surface area (Å²) in [7, 11) is 3.78. The monoisotopic (exact) mass is 988 g/mol. The minimum absolute atomic E-state index is 0.0281. The van der Waals surface area contributed by atoms with Crippen LogP contribution in [0.3, 0.4) is 0 Å². The predicted octanol–water partition coefficient (Wildman–Crippen LogP) is 9.44. The normalized spacial score (nSPS) is 13.8. The van der Waals surface area contributed by atoms with Gasteiger partial charge in [-0.15, -0.1) is 45.3 Å². The van der Waals surface area contributed by atoms with Crippen LogP contribution in [-0.4, -0.2) is 82.9 Å². The number of anilines is 2. The van der Waals surface area contributed by atoms with Gasteiger partial charge in [0.15, 0.2) is 0 Å². The Labute approximate surface area is 413 Å². The number of carbonyl (C=O) groups excluding carboxylic acids is 2. The Morgan fingerprint density at radius 2 is 1.24 bits per heavy atom. The highest BCUT2D eigenvalue weighted by molar-refractivity contribution is 7.23. The molecule has 2 amide bonds. The standard InChI is InChI=1S/C25H30N6OS2.C20H21N3OS2.C5H9N3/c1-16(2)31-11-9-18-21(15-31)34-25(23(18)24-28-19-6-4-5-7-20(19)33-24)29-22(32)8-10-26-12-17-13-27-30(3)14-17;1-4-17(24)22-20-18(19-21-14-7-5-6-8-15(14)25-19)13-9-10-23(12(2)3)11-16(13)26-20;1-8-4-5(2-6)3-7-8/h4-7,13-14,16,26H,8-12,15H2,1-3H3,(H,29,32);4-8,12H,1,9-11H2,2-3H3,(H,22,24);3-4H,2,6H2,1H3. The number of para-hydroxylation sites is 2. The van der Waals surface area contributed by atoms with Crippen molar-refractivity contribution in [2.75, 3.05) is 30.3 Å². The first-order valence-electron chi connectivity index (χ1n) is 23.0. The van der Waals surface area contributed by atoms with E-state index in [1.54, 1.807) is 60.9 Å². The van der Waals surface area contributed by atoms with Crippen LogP contribution in [0, 0.1) is 0 Å². The fourth-order valence-electron chi connectivity index (χ4n) is 8.24. The van der Waals surface area contributed by atoms with E-state index in [1.807, 2.05) is 57.0 Å². The van der Waals surface area contributed by atoms with Gasteiger partial charge in [-0.2, -0.15) is 10.2 Å². The van der Waals surface area contributed by atoms with Gasteiger partial charge in [0.1, 0.15) is 20.0 Å². The third-order valence-electron chi connectivity index (χ3n) is 11.9. The SMILES string of the molecule is C=CC(=O)Nc1sc2c(c1-c1nc3ccccc3s1)CCN(C(C)C)C2.CC(C)N1CCc2c(sc(NC(=O)CCNCc3cnn(C)c3)c2-c2nc3ccccc3s2)C1.Cn1cc(CN)cn1. The van der Waals surface area contributed by atoms with Crippen molar-refractivity contribution in [3.05, 3.63) is 118 Å². The van der Waals surface area contributed by atoms with Gasteiger partial charge in [0.05, 0.1) is 32.8 Å². The van der Waals surface area contributed by atoms with E-state index in [4.69, 9.17) is 15.7 Å². The Bertz CT molecular complexity index is 2940. The largest absolute Gasteiger partial charge is 0.326 e. The first-order chi connectivity index (χ1) is 32.9. The lowest BCUT2D eigenvalue weighted by Crippen LogP contribution is -2.35. The molecule has 68 heavy (non-hydrogen) atoms. The van der Waals surface area contributed by atoms with Crippen molar-refractivity contribution in [3.63, 3.8) is 0 Å². The molecule has 0 unspecified atom stereocenters. The number of nitrogens with zero attached hydrogens (tertiary/aromatic N) is 8. The zero-order valence-corrected chi connectivity index (χ0v) is 42.8. The van der Waals surface area contributed by atoms with Crippen molar-refractivity contribution in [1.29, 1.82) is 0 Å². The molecule has 0 bridgehead atoms. The van der Waals surface area contributed by atoms with Crippen molar-refractivity contribution < 1.29 is 9.59 Å². The molecule has 2 aliphatic heterocycles. The summed E-state index contributed by atoms with van der Waals surface area (Å²) in [6, 6.07) is 17.4. The lowest BCUT2D eigenvalue weighted by molar-refractivity contribution is -0.116. The number of aromatic nitrogens is 6. The number of nitrogens with one attached hydrogen (secondary N) is 3. The molecular formula is C50H60N12O2S4. The van der Waals surface area contributed by atoms with Gasteiger partial charge in [-0.05, 0) is 82.0 Å². The summed E-state index contributed by atoms with van der Waals surface area (Å²) in [5, 5.41) is 21.5. The van der Waals surface area contributed by atoms with E-state index in [0.29, 0.717) is 38.1 Å². The van der Waals surface area contributed by atoms with E-state index >= 15 is 0 Å². The van der Waals surface area contributed by atoms with Crippen molar-refractivity contribution in [3.8, 4) is 21.1 Å². The van der Waals surface area contributed by atoms with E-state index < -0.39 is 0 Å². The number of hydrogen-bond acceptors (Lipinski definition) is 14. The molecule has 0 saturated carbocycles. The smallest absolute Gasteiger partial charge is 0.248 e. The molecule has 18 heteroatoms. The number of fused-ring (bicyclic) bond motifs is 4. The van der Waals surface area contributed by atoms with Gasteiger partial charge < -0.3 is 21.7 Å². The highest BCUT2D eigenvalue weighted by Crippen LogP contribution is 2.47. The Morgan fingerprint density at radius 3 is 1.68 bits per heavy atom. The number of aryl methyl sites for hydroxylation is 2. The molecule has 14 nitrogen and oxygen atoms in total.